The lowest BCUT2D eigenvalue weighted by Crippen LogP contribution is -2.30. The van der Waals surface area contributed by atoms with Crippen molar-refractivity contribution in [2.24, 2.45) is 10.7 Å². The molecule has 2 heterocycles. The number of nitrogens with one attached hydrogen (secondary N) is 1. The summed E-state index contributed by atoms with van der Waals surface area (Å²) in [5.74, 6) is 0.888. The zero-order chi connectivity index (χ0) is 17.4. The number of imidazole rings is 1. The first kappa shape index (κ1) is 14.9. The first-order chi connectivity index (χ1) is 12.1. The maximum Gasteiger partial charge on any atom is 0.270 e. The Morgan fingerprint density at radius 2 is 2.08 bits per heavy atom. The molecule has 8 nitrogen and oxygen atoms in total. The third kappa shape index (κ3) is 2.69. The third-order valence-electron chi connectivity index (χ3n) is 3.91. The molecule has 0 amide bonds. The van der Waals surface area contributed by atoms with E-state index in [1.807, 2.05) is 34.9 Å². The second kappa shape index (κ2) is 5.75. The number of nitrogens with zero attached hydrogens (tertiary/aromatic N) is 4. The molecule has 0 saturated heterocycles. The number of nitro groups is 1. The minimum Gasteiger partial charge on any atom is -0.370 e. The summed E-state index contributed by atoms with van der Waals surface area (Å²) in [6.07, 6.45) is 3.24. The molecule has 0 saturated carbocycles. The van der Waals surface area contributed by atoms with E-state index in [1.165, 1.54) is 12.1 Å². The van der Waals surface area contributed by atoms with E-state index in [4.69, 9.17) is 5.73 Å². The summed E-state index contributed by atoms with van der Waals surface area (Å²) < 4.78 is 1.93. The van der Waals surface area contributed by atoms with Crippen LogP contribution >= 0.6 is 0 Å². The van der Waals surface area contributed by atoms with Crippen molar-refractivity contribution in [3.05, 3.63) is 70.3 Å². The van der Waals surface area contributed by atoms with E-state index in [0.29, 0.717) is 11.5 Å². The number of non-ortho nitro benzene ring substituents is 1. The van der Waals surface area contributed by atoms with Crippen molar-refractivity contribution in [1.29, 1.82) is 0 Å². The molecule has 3 aromatic rings. The van der Waals surface area contributed by atoms with Gasteiger partial charge in [-0.15, -0.1) is 0 Å². The molecule has 0 fully saturated rings. The number of nitro benzene ring substituents is 1. The van der Waals surface area contributed by atoms with Gasteiger partial charge >= 0.3 is 0 Å². The third-order valence-corrected chi connectivity index (χ3v) is 3.91. The number of anilines is 1. The normalized spacial score (nSPS) is 16.5. The van der Waals surface area contributed by atoms with Gasteiger partial charge in [-0.1, -0.05) is 30.3 Å². The van der Waals surface area contributed by atoms with Crippen LogP contribution in [0, 0.1) is 10.1 Å². The molecule has 25 heavy (non-hydrogen) atoms. The summed E-state index contributed by atoms with van der Waals surface area (Å²) in [4.78, 5) is 19.4. The Labute approximate surface area is 142 Å². The van der Waals surface area contributed by atoms with Gasteiger partial charge < -0.3 is 5.73 Å². The standard InChI is InChI=1S/C17H14N6O2/c18-16-20-15(9-8-11-4-3-5-12(10-11)23(24)25)22-14-7-2-1-6-13(14)19-17(22)21-16/h1-10,15H,(H3,18,19,20,21)/b9-8+. The van der Waals surface area contributed by atoms with Crippen LogP contribution in [0.15, 0.2) is 59.6 Å². The van der Waals surface area contributed by atoms with E-state index in [0.717, 1.165) is 11.0 Å². The van der Waals surface area contributed by atoms with Crippen molar-refractivity contribution in [2.75, 3.05) is 5.32 Å². The molecule has 0 spiro atoms. The number of nitrogens with two attached hydrogens (primary N) is 1. The highest BCUT2D eigenvalue weighted by molar-refractivity contribution is 5.94. The van der Waals surface area contributed by atoms with Crippen LogP contribution in [0.5, 0.6) is 0 Å². The van der Waals surface area contributed by atoms with Gasteiger partial charge in [0.05, 0.1) is 16.0 Å². The molecule has 1 unspecified atom stereocenters. The number of fused-ring (bicyclic) bond motifs is 3. The molecule has 0 radical (unpaired) electrons. The van der Waals surface area contributed by atoms with Gasteiger partial charge in [-0.3, -0.25) is 20.0 Å². The molecule has 2 aromatic carbocycles. The highest BCUT2D eigenvalue weighted by Gasteiger charge is 2.21. The van der Waals surface area contributed by atoms with Crippen LogP contribution in [-0.4, -0.2) is 20.4 Å². The fourth-order valence-corrected chi connectivity index (χ4v) is 2.82. The molecule has 1 atom stereocenters. The fourth-order valence-electron chi connectivity index (χ4n) is 2.82. The summed E-state index contributed by atoms with van der Waals surface area (Å²) in [6, 6.07) is 14.1. The van der Waals surface area contributed by atoms with E-state index in [-0.39, 0.29) is 17.8 Å². The summed E-state index contributed by atoms with van der Waals surface area (Å²) in [5, 5.41) is 13.9. The largest absolute Gasteiger partial charge is 0.370 e. The van der Waals surface area contributed by atoms with Gasteiger partial charge in [0.25, 0.3) is 5.69 Å². The van der Waals surface area contributed by atoms with Crippen LogP contribution in [0.1, 0.15) is 11.7 Å². The van der Waals surface area contributed by atoms with Crippen molar-refractivity contribution in [3.8, 4) is 0 Å². The minimum atomic E-state index is -0.417. The zero-order valence-corrected chi connectivity index (χ0v) is 13.0. The lowest BCUT2D eigenvalue weighted by Gasteiger charge is -2.21. The average molecular weight is 334 g/mol. The Kier molecular flexibility index (Phi) is 3.42. The highest BCUT2D eigenvalue weighted by atomic mass is 16.6. The van der Waals surface area contributed by atoms with Crippen molar-refractivity contribution in [1.82, 2.24) is 9.55 Å². The van der Waals surface area contributed by atoms with Crippen molar-refractivity contribution in [3.63, 3.8) is 0 Å². The number of aliphatic imine (C=N–C) groups is 1. The summed E-state index contributed by atoms with van der Waals surface area (Å²) in [6.45, 7) is 0. The average Bonchev–Trinajstić information content (AvgIpc) is 2.98. The van der Waals surface area contributed by atoms with Crippen molar-refractivity contribution >= 4 is 34.7 Å². The number of hydrogen-bond donors (Lipinski definition) is 2. The number of hydrogen-bond acceptors (Lipinski definition) is 6. The lowest BCUT2D eigenvalue weighted by molar-refractivity contribution is -0.384. The fraction of sp³-hybridized carbons (Fsp3) is 0.0588. The van der Waals surface area contributed by atoms with Crippen molar-refractivity contribution in [2.45, 2.75) is 6.17 Å². The molecule has 8 heteroatoms. The Morgan fingerprint density at radius 3 is 2.92 bits per heavy atom. The first-order valence-electron chi connectivity index (χ1n) is 7.62. The SMILES string of the molecule is NC1=NC(/C=C/c2cccc([N+](=O)[O-])c2)n2c(nc3ccccc32)N1. The first-order valence-corrected chi connectivity index (χ1v) is 7.62. The monoisotopic (exact) mass is 334 g/mol. The van der Waals surface area contributed by atoms with Crippen LogP contribution in [-0.2, 0) is 0 Å². The summed E-state index contributed by atoms with van der Waals surface area (Å²) >= 11 is 0. The number of guanidine groups is 1. The predicted molar refractivity (Wildman–Crippen MR) is 96.1 cm³/mol. The summed E-state index contributed by atoms with van der Waals surface area (Å²) in [7, 11) is 0. The molecule has 0 aliphatic carbocycles. The summed E-state index contributed by atoms with van der Waals surface area (Å²) in [5.41, 5.74) is 8.38. The van der Waals surface area contributed by atoms with E-state index in [1.54, 1.807) is 18.2 Å². The molecular weight excluding hydrogens is 320 g/mol. The molecule has 3 N–H and O–H groups in total. The van der Waals surface area contributed by atoms with Gasteiger partial charge in [0.1, 0.15) is 0 Å². The number of para-hydroxylation sites is 2. The number of rotatable bonds is 3. The van der Waals surface area contributed by atoms with Crippen LogP contribution in [0.25, 0.3) is 17.1 Å². The minimum absolute atomic E-state index is 0.0456. The van der Waals surface area contributed by atoms with Gasteiger partial charge in [0.2, 0.25) is 5.95 Å². The topological polar surface area (TPSA) is 111 Å². The van der Waals surface area contributed by atoms with E-state index >= 15 is 0 Å². The quantitative estimate of drug-likeness (QED) is 0.565. The Balaban J connectivity index is 1.74. The van der Waals surface area contributed by atoms with Crippen molar-refractivity contribution < 1.29 is 4.92 Å². The van der Waals surface area contributed by atoms with Gasteiger partial charge in [-0.2, -0.15) is 0 Å². The predicted octanol–water partition coefficient (Wildman–Crippen LogP) is 2.90. The molecule has 1 aromatic heterocycles. The number of benzene rings is 2. The maximum atomic E-state index is 10.9. The van der Waals surface area contributed by atoms with Gasteiger partial charge in [0.15, 0.2) is 12.1 Å². The van der Waals surface area contributed by atoms with E-state index in [2.05, 4.69) is 15.3 Å². The van der Waals surface area contributed by atoms with Crippen LogP contribution in [0.3, 0.4) is 0 Å². The van der Waals surface area contributed by atoms with E-state index in [9.17, 15) is 10.1 Å². The molecule has 0 bridgehead atoms. The van der Waals surface area contributed by atoms with Crippen LogP contribution < -0.4 is 11.1 Å². The van der Waals surface area contributed by atoms with Gasteiger partial charge in [-0.05, 0) is 23.8 Å². The Morgan fingerprint density at radius 1 is 1.24 bits per heavy atom. The van der Waals surface area contributed by atoms with Crippen LogP contribution in [0.4, 0.5) is 11.6 Å². The zero-order valence-electron chi connectivity index (χ0n) is 13.0. The molecule has 1 aliphatic heterocycles. The van der Waals surface area contributed by atoms with Gasteiger partial charge in [0, 0.05) is 12.1 Å². The van der Waals surface area contributed by atoms with Crippen LogP contribution in [0.2, 0.25) is 0 Å². The van der Waals surface area contributed by atoms with Gasteiger partial charge in [-0.25, -0.2) is 9.98 Å². The number of aromatic nitrogens is 2. The highest BCUT2D eigenvalue weighted by Crippen LogP contribution is 2.29. The maximum absolute atomic E-state index is 10.9. The molecule has 4 rings (SSSR count). The Bertz CT molecular complexity index is 1040. The Hall–Kier alpha value is -3.68. The molecule has 1 aliphatic rings. The second-order valence-electron chi connectivity index (χ2n) is 5.56. The molecular formula is C17H14N6O2. The lowest BCUT2D eigenvalue weighted by atomic mass is 10.2. The second-order valence-corrected chi connectivity index (χ2v) is 5.56. The van der Waals surface area contributed by atoms with E-state index < -0.39 is 4.92 Å². The smallest absolute Gasteiger partial charge is 0.270 e. The molecule has 124 valence electrons.